The summed E-state index contributed by atoms with van der Waals surface area (Å²) >= 11 is 3.35. The van der Waals surface area contributed by atoms with Crippen molar-refractivity contribution in [2.45, 2.75) is 6.42 Å². The molecule has 1 aromatic rings. The minimum Gasteiger partial charge on any atom is -0.353 e. The second kappa shape index (κ2) is 8.71. The van der Waals surface area contributed by atoms with Crippen LogP contribution in [-0.2, 0) is 16.0 Å². The lowest BCUT2D eigenvalue weighted by Gasteiger charge is -2.10. The number of carbonyl (C=O) groups excluding carboxylic acids is 2. The van der Waals surface area contributed by atoms with Crippen LogP contribution in [0.2, 0.25) is 0 Å². The average molecular weight is 342 g/mol. The highest BCUT2D eigenvalue weighted by molar-refractivity contribution is 9.10. The Labute approximate surface area is 127 Å². The predicted octanol–water partition coefficient (Wildman–Crippen LogP) is 0.786. The van der Waals surface area contributed by atoms with Crippen molar-refractivity contribution in [3.8, 4) is 0 Å². The van der Waals surface area contributed by atoms with Crippen molar-refractivity contribution in [2.75, 3.05) is 33.7 Å². The molecule has 0 fully saturated rings. The quantitative estimate of drug-likeness (QED) is 0.770. The van der Waals surface area contributed by atoms with Gasteiger partial charge in [0.05, 0.1) is 13.0 Å². The first-order valence-electron chi connectivity index (χ1n) is 6.40. The molecule has 0 atom stereocenters. The van der Waals surface area contributed by atoms with E-state index in [0.717, 1.165) is 16.6 Å². The number of nitrogens with one attached hydrogen (secondary N) is 2. The van der Waals surface area contributed by atoms with E-state index in [1.165, 1.54) is 0 Å². The SMILES string of the molecule is CN(C)CCNC(=O)CNC(=O)Cc1cccc(Br)c1. The van der Waals surface area contributed by atoms with E-state index < -0.39 is 0 Å². The molecule has 0 aliphatic carbocycles. The molecular weight excluding hydrogens is 322 g/mol. The number of benzene rings is 1. The van der Waals surface area contributed by atoms with Crippen LogP contribution in [0.25, 0.3) is 0 Å². The van der Waals surface area contributed by atoms with Crippen LogP contribution in [0.3, 0.4) is 0 Å². The third kappa shape index (κ3) is 7.25. The van der Waals surface area contributed by atoms with Crippen LogP contribution >= 0.6 is 15.9 Å². The van der Waals surface area contributed by atoms with Crippen molar-refractivity contribution < 1.29 is 9.59 Å². The largest absolute Gasteiger partial charge is 0.353 e. The van der Waals surface area contributed by atoms with Gasteiger partial charge in [-0.05, 0) is 31.8 Å². The van der Waals surface area contributed by atoms with Crippen LogP contribution in [0.4, 0.5) is 0 Å². The number of amides is 2. The van der Waals surface area contributed by atoms with Crippen LogP contribution in [0, 0.1) is 0 Å². The van der Waals surface area contributed by atoms with Gasteiger partial charge in [-0.15, -0.1) is 0 Å². The highest BCUT2D eigenvalue weighted by atomic mass is 79.9. The molecule has 110 valence electrons. The van der Waals surface area contributed by atoms with Gasteiger partial charge in [0.15, 0.2) is 0 Å². The number of hydrogen-bond donors (Lipinski definition) is 2. The summed E-state index contributed by atoms with van der Waals surface area (Å²) in [6, 6.07) is 7.54. The fourth-order valence-electron chi connectivity index (χ4n) is 1.56. The van der Waals surface area contributed by atoms with Gasteiger partial charge in [0.2, 0.25) is 11.8 Å². The standard InChI is InChI=1S/C14H20BrN3O2/c1-18(2)7-6-16-14(20)10-17-13(19)9-11-4-3-5-12(15)8-11/h3-5,8H,6-7,9-10H2,1-2H3,(H,16,20)(H,17,19). The van der Waals surface area contributed by atoms with Crippen LogP contribution in [0.1, 0.15) is 5.56 Å². The molecule has 2 amide bonds. The van der Waals surface area contributed by atoms with Crippen molar-refractivity contribution >= 4 is 27.7 Å². The first kappa shape index (κ1) is 16.7. The molecule has 0 unspecified atom stereocenters. The molecule has 2 N–H and O–H groups in total. The first-order chi connectivity index (χ1) is 9.47. The Morgan fingerprint density at radius 2 is 1.95 bits per heavy atom. The lowest BCUT2D eigenvalue weighted by atomic mass is 10.1. The summed E-state index contributed by atoms with van der Waals surface area (Å²) in [6.07, 6.45) is 0.268. The Kier molecular flexibility index (Phi) is 7.25. The van der Waals surface area contributed by atoms with Crippen LogP contribution in [-0.4, -0.2) is 50.4 Å². The molecule has 20 heavy (non-hydrogen) atoms. The third-order valence-electron chi connectivity index (χ3n) is 2.58. The number of nitrogens with zero attached hydrogens (tertiary/aromatic N) is 1. The monoisotopic (exact) mass is 341 g/mol. The van der Waals surface area contributed by atoms with Gasteiger partial charge in [0.25, 0.3) is 0 Å². The number of carbonyl (C=O) groups is 2. The van der Waals surface area contributed by atoms with Crippen LogP contribution < -0.4 is 10.6 Å². The average Bonchev–Trinajstić information content (AvgIpc) is 2.36. The van der Waals surface area contributed by atoms with E-state index in [1.54, 1.807) is 0 Å². The van der Waals surface area contributed by atoms with Crippen molar-refractivity contribution in [2.24, 2.45) is 0 Å². The lowest BCUT2D eigenvalue weighted by molar-refractivity contribution is -0.125. The van der Waals surface area contributed by atoms with E-state index >= 15 is 0 Å². The van der Waals surface area contributed by atoms with Crippen LogP contribution in [0.15, 0.2) is 28.7 Å². The number of halogens is 1. The van der Waals surface area contributed by atoms with Gasteiger partial charge in [-0.2, -0.15) is 0 Å². The number of likely N-dealkylation sites (N-methyl/N-ethyl adjacent to an activating group) is 1. The lowest BCUT2D eigenvalue weighted by Crippen LogP contribution is -2.39. The number of hydrogen-bond acceptors (Lipinski definition) is 3. The first-order valence-corrected chi connectivity index (χ1v) is 7.19. The molecule has 1 aromatic carbocycles. The molecular formula is C14H20BrN3O2. The van der Waals surface area contributed by atoms with Gasteiger partial charge in [-0.1, -0.05) is 28.1 Å². The molecule has 0 heterocycles. The van der Waals surface area contributed by atoms with Crippen molar-refractivity contribution in [3.63, 3.8) is 0 Å². The van der Waals surface area contributed by atoms with Gasteiger partial charge in [0, 0.05) is 17.6 Å². The fourth-order valence-corrected chi connectivity index (χ4v) is 2.00. The van der Waals surface area contributed by atoms with E-state index in [4.69, 9.17) is 0 Å². The zero-order chi connectivity index (χ0) is 15.0. The topological polar surface area (TPSA) is 61.4 Å². The minimum atomic E-state index is -0.172. The summed E-state index contributed by atoms with van der Waals surface area (Å²) in [4.78, 5) is 25.2. The molecule has 5 nitrogen and oxygen atoms in total. The highest BCUT2D eigenvalue weighted by Gasteiger charge is 2.06. The maximum Gasteiger partial charge on any atom is 0.239 e. The van der Waals surface area contributed by atoms with Crippen molar-refractivity contribution in [3.05, 3.63) is 34.3 Å². The summed E-state index contributed by atoms with van der Waals surface area (Å²) in [5.74, 6) is -0.333. The second-order valence-corrected chi connectivity index (χ2v) is 5.65. The van der Waals surface area contributed by atoms with E-state index in [1.807, 2.05) is 43.3 Å². The molecule has 0 saturated carbocycles. The Morgan fingerprint density at radius 3 is 2.60 bits per heavy atom. The molecule has 0 spiro atoms. The molecule has 0 radical (unpaired) electrons. The molecule has 1 rings (SSSR count). The van der Waals surface area contributed by atoms with E-state index in [9.17, 15) is 9.59 Å². The summed E-state index contributed by atoms with van der Waals surface area (Å²) < 4.78 is 0.934. The minimum absolute atomic E-state index is 0.0142. The molecule has 0 saturated heterocycles. The summed E-state index contributed by atoms with van der Waals surface area (Å²) in [5, 5.41) is 5.35. The van der Waals surface area contributed by atoms with Gasteiger partial charge in [0.1, 0.15) is 0 Å². The Bertz CT molecular complexity index is 463. The molecule has 0 bridgehead atoms. The second-order valence-electron chi connectivity index (χ2n) is 4.74. The summed E-state index contributed by atoms with van der Waals surface area (Å²) in [6.45, 7) is 1.37. The number of rotatable bonds is 7. The Balaban J connectivity index is 2.24. The Hall–Kier alpha value is -1.40. The van der Waals surface area contributed by atoms with E-state index in [2.05, 4.69) is 26.6 Å². The third-order valence-corrected chi connectivity index (χ3v) is 3.07. The van der Waals surface area contributed by atoms with Gasteiger partial charge in [-0.3, -0.25) is 9.59 Å². The molecule has 0 aliphatic heterocycles. The fraction of sp³-hybridized carbons (Fsp3) is 0.429. The molecule has 0 aromatic heterocycles. The maximum atomic E-state index is 11.7. The van der Waals surface area contributed by atoms with Crippen molar-refractivity contribution in [1.29, 1.82) is 0 Å². The highest BCUT2D eigenvalue weighted by Crippen LogP contribution is 2.11. The smallest absolute Gasteiger partial charge is 0.239 e. The summed E-state index contributed by atoms with van der Waals surface area (Å²) in [7, 11) is 3.87. The molecule has 0 aliphatic rings. The van der Waals surface area contributed by atoms with Gasteiger partial charge >= 0.3 is 0 Å². The normalized spacial score (nSPS) is 10.4. The Morgan fingerprint density at radius 1 is 1.20 bits per heavy atom. The summed E-state index contributed by atoms with van der Waals surface area (Å²) in [5.41, 5.74) is 0.907. The van der Waals surface area contributed by atoms with Crippen LogP contribution in [0.5, 0.6) is 0 Å². The van der Waals surface area contributed by atoms with E-state index in [-0.39, 0.29) is 24.8 Å². The zero-order valence-corrected chi connectivity index (χ0v) is 13.4. The maximum absolute atomic E-state index is 11.7. The predicted molar refractivity (Wildman–Crippen MR) is 82.4 cm³/mol. The molecule has 6 heteroatoms. The van der Waals surface area contributed by atoms with E-state index in [0.29, 0.717) is 6.54 Å². The van der Waals surface area contributed by atoms with Gasteiger partial charge in [-0.25, -0.2) is 0 Å². The van der Waals surface area contributed by atoms with Crippen molar-refractivity contribution in [1.82, 2.24) is 15.5 Å². The van der Waals surface area contributed by atoms with Gasteiger partial charge < -0.3 is 15.5 Å². The zero-order valence-electron chi connectivity index (χ0n) is 11.8.